The van der Waals surface area contributed by atoms with Gasteiger partial charge in [0.25, 0.3) is 10.0 Å². The highest BCUT2D eigenvalue weighted by molar-refractivity contribution is 7.92. The van der Waals surface area contributed by atoms with Gasteiger partial charge in [-0.2, -0.15) is 5.10 Å². The van der Waals surface area contributed by atoms with E-state index in [9.17, 15) is 8.42 Å². The summed E-state index contributed by atoms with van der Waals surface area (Å²) in [5.41, 5.74) is 2.07. The number of sulfonamides is 1. The third-order valence-corrected chi connectivity index (χ3v) is 6.46. The maximum absolute atomic E-state index is 12.7. The monoisotopic (exact) mass is 443 g/mol. The molecule has 142 valence electrons. The molecule has 0 bridgehead atoms. The Morgan fingerprint density at radius 3 is 2.44 bits per heavy atom. The molecule has 0 fully saturated rings. The summed E-state index contributed by atoms with van der Waals surface area (Å²) in [6, 6.07) is 9.95. The van der Waals surface area contributed by atoms with Crippen molar-refractivity contribution in [3.63, 3.8) is 0 Å². The summed E-state index contributed by atoms with van der Waals surface area (Å²) in [6.45, 7) is 3.84. The molecule has 1 aromatic heterocycles. The van der Waals surface area contributed by atoms with Crippen LogP contribution in [-0.2, 0) is 16.6 Å². The van der Waals surface area contributed by atoms with Crippen LogP contribution in [0.15, 0.2) is 47.5 Å². The molecule has 0 aliphatic carbocycles. The lowest BCUT2D eigenvalue weighted by Crippen LogP contribution is -2.15. The molecule has 3 rings (SSSR count). The number of nitrogens with one attached hydrogen (secondary N) is 1. The first-order chi connectivity index (χ1) is 12.7. The van der Waals surface area contributed by atoms with Gasteiger partial charge in [0.15, 0.2) is 5.82 Å². The number of hydrogen-bond acceptors (Lipinski definition) is 3. The minimum absolute atomic E-state index is 0.166. The maximum Gasteiger partial charge on any atom is 0.263 e. The molecule has 0 spiro atoms. The van der Waals surface area contributed by atoms with Crippen LogP contribution in [0.5, 0.6) is 0 Å². The van der Waals surface area contributed by atoms with Crippen LogP contribution in [0.25, 0.3) is 0 Å². The standard InChI is InChI=1S/C18H16Cl3N3O2S/c1-11-8-17(12(2)7-15(11)20)27(25,26)23-18-5-6-24(22-18)10-13-3-4-14(19)9-16(13)21/h3-9H,10H2,1-2H3,(H,22,23). The molecular weight excluding hydrogens is 429 g/mol. The second-order valence-electron chi connectivity index (χ2n) is 6.11. The molecule has 0 saturated heterocycles. The SMILES string of the molecule is Cc1cc(S(=O)(=O)Nc2ccn(Cc3ccc(Cl)cc3Cl)n2)c(C)cc1Cl. The molecule has 0 radical (unpaired) electrons. The Labute approximate surface area is 172 Å². The number of rotatable bonds is 5. The summed E-state index contributed by atoms with van der Waals surface area (Å²) in [7, 11) is -3.78. The molecule has 27 heavy (non-hydrogen) atoms. The molecule has 1 heterocycles. The van der Waals surface area contributed by atoms with Crippen LogP contribution < -0.4 is 4.72 Å². The summed E-state index contributed by atoms with van der Waals surface area (Å²) >= 11 is 18.1. The molecule has 1 N–H and O–H groups in total. The lowest BCUT2D eigenvalue weighted by Gasteiger charge is -2.10. The van der Waals surface area contributed by atoms with E-state index in [1.165, 1.54) is 0 Å². The molecule has 0 unspecified atom stereocenters. The van der Waals surface area contributed by atoms with Crippen molar-refractivity contribution < 1.29 is 8.42 Å². The van der Waals surface area contributed by atoms with Gasteiger partial charge in [-0.1, -0.05) is 40.9 Å². The quantitative estimate of drug-likeness (QED) is 0.580. The topological polar surface area (TPSA) is 64.0 Å². The molecule has 9 heteroatoms. The van der Waals surface area contributed by atoms with Gasteiger partial charge < -0.3 is 0 Å². The van der Waals surface area contributed by atoms with Crippen molar-refractivity contribution in [2.45, 2.75) is 25.3 Å². The van der Waals surface area contributed by atoms with E-state index in [1.54, 1.807) is 61.1 Å². The second kappa shape index (κ2) is 7.72. The van der Waals surface area contributed by atoms with Gasteiger partial charge in [0, 0.05) is 27.3 Å². The van der Waals surface area contributed by atoms with E-state index in [4.69, 9.17) is 34.8 Å². The third kappa shape index (κ3) is 4.58. The van der Waals surface area contributed by atoms with Crippen LogP contribution in [0.4, 0.5) is 5.82 Å². The minimum atomic E-state index is -3.78. The maximum atomic E-state index is 12.7. The molecular formula is C18H16Cl3N3O2S. The Morgan fingerprint density at radius 1 is 1.00 bits per heavy atom. The minimum Gasteiger partial charge on any atom is -0.266 e. The fourth-order valence-corrected chi connectivity index (χ4v) is 4.56. The Morgan fingerprint density at radius 2 is 1.74 bits per heavy atom. The number of aromatic nitrogens is 2. The molecule has 0 aliphatic rings. The van der Waals surface area contributed by atoms with Gasteiger partial charge in [-0.05, 0) is 54.8 Å². The van der Waals surface area contributed by atoms with Gasteiger partial charge in [0.2, 0.25) is 0 Å². The number of aryl methyl sites for hydroxylation is 2. The number of anilines is 1. The molecule has 0 aliphatic heterocycles. The van der Waals surface area contributed by atoms with E-state index < -0.39 is 10.0 Å². The first-order valence-electron chi connectivity index (χ1n) is 7.92. The number of halogens is 3. The Bertz CT molecular complexity index is 1110. The Balaban J connectivity index is 1.82. The first kappa shape index (κ1) is 20.0. The molecule has 0 saturated carbocycles. The summed E-state index contributed by atoms with van der Waals surface area (Å²) in [6.07, 6.45) is 1.67. The summed E-state index contributed by atoms with van der Waals surface area (Å²) < 4.78 is 29.5. The number of nitrogens with zero attached hydrogens (tertiary/aromatic N) is 2. The average molecular weight is 445 g/mol. The van der Waals surface area contributed by atoms with Crippen molar-refractivity contribution >= 4 is 50.6 Å². The third-order valence-electron chi connectivity index (χ3n) is 3.97. The number of benzene rings is 2. The summed E-state index contributed by atoms with van der Waals surface area (Å²) in [4.78, 5) is 0.166. The largest absolute Gasteiger partial charge is 0.266 e. The predicted octanol–water partition coefficient (Wildman–Crippen LogP) is 5.31. The van der Waals surface area contributed by atoms with Crippen molar-refractivity contribution in [2.24, 2.45) is 0 Å². The van der Waals surface area contributed by atoms with Crippen molar-refractivity contribution in [1.29, 1.82) is 0 Å². The highest BCUT2D eigenvalue weighted by Crippen LogP contribution is 2.26. The molecule has 3 aromatic rings. The van der Waals surface area contributed by atoms with E-state index in [2.05, 4.69) is 9.82 Å². The molecule has 5 nitrogen and oxygen atoms in total. The second-order valence-corrected chi connectivity index (χ2v) is 9.01. The Kier molecular flexibility index (Phi) is 5.72. The summed E-state index contributed by atoms with van der Waals surface area (Å²) in [5, 5.41) is 5.85. The molecule has 2 aromatic carbocycles. The van der Waals surface area contributed by atoms with Gasteiger partial charge in [0.05, 0.1) is 11.4 Å². The van der Waals surface area contributed by atoms with E-state index in [1.807, 2.05) is 0 Å². The molecule has 0 atom stereocenters. The van der Waals surface area contributed by atoms with Gasteiger partial charge in [-0.25, -0.2) is 8.42 Å². The van der Waals surface area contributed by atoms with Crippen molar-refractivity contribution in [1.82, 2.24) is 9.78 Å². The van der Waals surface area contributed by atoms with E-state index in [0.29, 0.717) is 32.7 Å². The van der Waals surface area contributed by atoms with Crippen LogP contribution in [0.2, 0.25) is 15.1 Å². The first-order valence-corrected chi connectivity index (χ1v) is 10.5. The van der Waals surface area contributed by atoms with Crippen LogP contribution in [-0.4, -0.2) is 18.2 Å². The van der Waals surface area contributed by atoms with Crippen molar-refractivity contribution in [3.05, 3.63) is 74.4 Å². The number of hydrogen-bond donors (Lipinski definition) is 1. The predicted molar refractivity (Wildman–Crippen MR) is 110 cm³/mol. The van der Waals surface area contributed by atoms with Gasteiger partial charge in [0.1, 0.15) is 0 Å². The summed E-state index contributed by atoms with van der Waals surface area (Å²) in [5.74, 6) is 0.215. The van der Waals surface area contributed by atoms with Crippen molar-refractivity contribution in [3.8, 4) is 0 Å². The fourth-order valence-electron chi connectivity index (χ4n) is 2.57. The van der Waals surface area contributed by atoms with Crippen molar-refractivity contribution in [2.75, 3.05) is 4.72 Å². The normalized spacial score (nSPS) is 11.6. The zero-order chi connectivity index (χ0) is 19.8. The lowest BCUT2D eigenvalue weighted by atomic mass is 10.2. The molecule has 0 amide bonds. The zero-order valence-electron chi connectivity index (χ0n) is 14.5. The average Bonchev–Trinajstić information content (AvgIpc) is 2.99. The van der Waals surface area contributed by atoms with E-state index in [0.717, 1.165) is 5.56 Å². The van der Waals surface area contributed by atoms with Gasteiger partial charge >= 0.3 is 0 Å². The van der Waals surface area contributed by atoms with Crippen LogP contribution >= 0.6 is 34.8 Å². The highest BCUT2D eigenvalue weighted by atomic mass is 35.5. The zero-order valence-corrected chi connectivity index (χ0v) is 17.6. The van der Waals surface area contributed by atoms with E-state index in [-0.39, 0.29) is 10.7 Å². The van der Waals surface area contributed by atoms with Crippen LogP contribution in [0, 0.1) is 13.8 Å². The van der Waals surface area contributed by atoms with E-state index >= 15 is 0 Å². The van der Waals surface area contributed by atoms with Gasteiger partial charge in [-0.15, -0.1) is 0 Å². The highest BCUT2D eigenvalue weighted by Gasteiger charge is 2.19. The Hall–Kier alpha value is -1.73. The van der Waals surface area contributed by atoms with Gasteiger partial charge in [-0.3, -0.25) is 9.40 Å². The fraction of sp³-hybridized carbons (Fsp3) is 0.167. The lowest BCUT2D eigenvalue weighted by molar-refractivity contribution is 0.600. The van der Waals surface area contributed by atoms with Crippen LogP contribution in [0.3, 0.4) is 0 Å². The smallest absolute Gasteiger partial charge is 0.263 e. The van der Waals surface area contributed by atoms with Crippen LogP contribution in [0.1, 0.15) is 16.7 Å².